The molecule has 0 aliphatic rings. The van der Waals surface area contributed by atoms with E-state index in [0.29, 0.717) is 22.3 Å². The molecule has 2 atom stereocenters. The molecule has 1 aromatic heterocycles. The Hall–Kier alpha value is -0.100. The lowest BCUT2D eigenvalue weighted by molar-refractivity contribution is 0.0170. The summed E-state index contributed by atoms with van der Waals surface area (Å²) in [7, 11) is 0. The highest BCUT2D eigenvalue weighted by molar-refractivity contribution is 9.10. The Balaban J connectivity index is 2.68. The minimum atomic E-state index is -0.886. The first-order valence-electron chi connectivity index (χ1n) is 4.23. The molecule has 1 rings (SSSR count). The van der Waals surface area contributed by atoms with E-state index in [1.54, 1.807) is 12.1 Å². The number of rotatable bonds is 4. The summed E-state index contributed by atoms with van der Waals surface area (Å²) in [5.74, 6) is 0.544. The predicted octanol–water partition coefficient (Wildman–Crippen LogP) is 1.56. The van der Waals surface area contributed by atoms with Gasteiger partial charge in [0.2, 0.25) is 0 Å². The van der Waals surface area contributed by atoms with Crippen LogP contribution in [0.2, 0.25) is 0 Å². The number of halogens is 1. The Morgan fingerprint density at radius 2 is 2.14 bits per heavy atom. The van der Waals surface area contributed by atoms with E-state index in [9.17, 15) is 10.2 Å². The molecule has 0 saturated carbocycles. The lowest BCUT2D eigenvalue weighted by Gasteiger charge is -2.16. The van der Waals surface area contributed by atoms with Gasteiger partial charge < -0.3 is 10.2 Å². The molecule has 5 heteroatoms. The monoisotopic (exact) mass is 277 g/mol. The maximum Gasteiger partial charge on any atom is 0.106 e. The fourth-order valence-corrected chi connectivity index (χ4v) is 1.57. The van der Waals surface area contributed by atoms with Gasteiger partial charge in [-0.2, -0.15) is 12.6 Å². The molecule has 0 aliphatic carbocycles. The van der Waals surface area contributed by atoms with Crippen molar-refractivity contribution in [3.8, 4) is 0 Å². The van der Waals surface area contributed by atoms with Gasteiger partial charge in [-0.15, -0.1) is 0 Å². The van der Waals surface area contributed by atoms with Crippen LogP contribution in [-0.4, -0.2) is 27.1 Å². The Morgan fingerprint density at radius 1 is 1.43 bits per heavy atom. The van der Waals surface area contributed by atoms with Crippen LogP contribution in [0.1, 0.15) is 18.1 Å². The normalized spacial score (nSPS) is 15.1. The summed E-state index contributed by atoms with van der Waals surface area (Å²) < 4.78 is 0.706. The van der Waals surface area contributed by atoms with Crippen LogP contribution in [0, 0.1) is 0 Å². The molecular formula is C9H12BrNO2S. The first-order valence-corrected chi connectivity index (χ1v) is 5.66. The summed E-state index contributed by atoms with van der Waals surface area (Å²) in [5.41, 5.74) is 0.613. The third-order valence-electron chi connectivity index (χ3n) is 1.88. The van der Waals surface area contributed by atoms with Gasteiger partial charge in [0.05, 0.1) is 6.10 Å². The van der Waals surface area contributed by atoms with Crippen LogP contribution >= 0.6 is 28.6 Å². The second kappa shape index (κ2) is 5.70. The predicted molar refractivity (Wildman–Crippen MR) is 61.4 cm³/mol. The van der Waals surface area contributed by atoms with Crippen molar-refractivity contribution in [3.63, 3.8) is 0 Å². The quantitative estimate of drug-likeness (QED) is 0.578. The number of thiol groups is 1. The fourth-order valence-electron chi connectivity index (χ4n) is 1.07. The first-order chi connectivity index (χ1) is 6.65. The van der Waals surface area contributed by atoms with Gasteiger partial charge in [0.25, 0.3) is 0 Å². The van der Waals surface area contributed by atoms with E-state index >= 15 is 0 Å². The third-order valence-corrected chi connectivity index (χ3v) is 2.61. The van der Waals surface area contributed by atoms with Gasteiger partial charge >= 0.3 is 0 Å². The van der Waals surface area contributed by atoms with Gasteiger partial charge in [0, 0.05) is 11.8 Å². The number of hydrogen-bond donors (Lipinski definition) is 3. The maximum atomic E-state index is 9.67. The lowest BCUT2D eigenvalue weighted by atomic mass is 10.1. The zero-order chi connectivity index (χ0) is 10.6. The molecule has 0 aromatic carbocycles. The Morgan fingerprint density at radius 3 is 2.64 bits per heavy atom. The summed E-state index contributed by atoms with van der Waals surface area (Å²) >= 11 is 7.18. The Labute approximate surface area is 96.7 Å². The number of pyridine rings is 1. The van der Waals surface area contributed by atoms with Gasteiger partial charge in [-0.1, -0.05) is 6.07 Å². The van der Waals surface area contributed by atoms with Gasteiger partial charge in [-0.3, -0.25) is 0 Å². The number of aliphatic hydroxyl groups is 2. The van der Waals surface area contributed by atoms with Crippen LogP contribution < -0.4 is 0 Å². The molecule has 0 fully saturated rings. The van der Waals surface area contributed by atoms with Gasteiger partial charge in [-0.05, 0) is 34.2 Å². The Bertz CT molecular complexity index is 281. The third kappa shape index (κ3) is 3.24. The zero-order valence-corrected chi connectivity index (χ0v) is 9.95. The van der Waals surface area contributed by atoms with E-state index in [-0.39, 0.29) is 0 Å². The van der Waals surface area contributed by atoms with Gasteiger partial charge in [0.1, 0.15) is 10.7 Å². The summed E-state index contributed by atoms with van der Waals surface area (Å²) in [6.07, 6.45) is 0.329. The van der Waals surface area contributed by atoms with Crippen LogP contribution in [0.4, 0.5) is 0 Å². The van der Waals surface area contributed by atoms with Crippen molar-refractivity contribution >= 4 is 28.6 Å². The van der Waals surface area contributed by atoms with E-state index in [0.717, 1.165) is 0 Å². The van der Waals surface area contributed by atoms with Gasteiger partial charge in [-0.25, -0.2) is 4.98 Å². The molecule has 2 N–H and O–H groups in total. The molecule has 0 saturated heterocycles. The first kappa shape index (κ1) is 12.0. The molecule has 0 aliphatic heterocycles. The molecule has 0 radical (unpaired) electrons. The van der Waals surface area contributed by atoms with E-state index < -0.39 is 12.2 Å². The minimum absolute atomic E-state index is 0.459. The zero-order valence-electron chi connectivity index (χ0n) is 7.47. The SMILES string of the molecule is OC(CCS)C(O)c1ccc(Br)nc1. The van der Waals surface area contributed by atoms with Crippen LogP contribution in [0.5, 0.6) is 0 Å². The van der Waals surface area contributed by atoms with Crippen molar-refractivity contribution in [2.45, 2.75) is 18.6 Å². The summed E-state index contributed by atoms with van der Waals surface area (Å²) in [5, 5.41) is 19.2. The minimum Gasteiger partial charge on any atom is -0.390 e. The summed E-state index contributed by atoms with van der Waals surface area (Å²) in [4.78, 5) is 3.97. The van der Waals surface area contributed by atoms with Crippen LogP contribution in [-0.2, 0) is 0 Å². The van der Waals surface area contributed by atoms with Crippen molar-refractivity contribution in [3.05, 3.63) is 28.5 Å². The standard InChI is InChI=1S/C9H12BrNO2S/c10-8-2-1-6(5-11-8)9(13)7(12)3-4-14/h1-2,5,7,9,12-14H,3-4H2. The molecule has 3 nitrogen and oxygen atoms in total. The van der Waals surface area contributed by atoms with Crippen LogP contribution in [0.15, 0.2) is 22.9 Å². The smallest absolute Gasteiger partial charge is 0.106 e. The van der Waals surface area contributed by atoms with Crippen molar-refractivity contribution < 1.29 is 10.2 Å². The molecule has 14 heavy (non-hydrogen) atoms. The van der Waals surface area contributed by atoms with Crippen LogP contribution in [0.25, 0.3) is 0 Å². The highest BCUT2D eigenvalue weighted by Gasteiger charge is 2.17. The topological polar surface area (TPSA) is 53.4 Å². The summed E-state index contributed by atoms with van der Waals surface area (Å²) in [6.45, 7) is 0. The molecule has 1 heterocycles. The number of nitrogens with zero attached hydrogens (tertiary/aromatic N) is 1. The largest absolute Gasteiger partial charge is 0.390 e. The average Bonchev–Trinajstić information content (AvgIpc) is 2.18. The fraction of sp³-hybridized carbons (Fsp3) is 0.444. The van der Waals surface area contributed by atoms with Crippen molar-refractivity contribution in [2.24, 2.45) is 0 Å². The molecule has 0 amide bonds. The van der Waals surface area contributed by atoms with Crippen molar-refractivity contribution in [2.75, 3.05) is 5.75 Å². The molecule has 2 unspecified atom stereocenters. The molecule has 1 aromatic rings. The maximum absolute atomic E-state index is 9.67. The van der Waals surface area contributed by atoms with Gasteiger partial charge in [0.15, 0.2) is 0 Å². The molecule has 0 bridgehead atoms. The van der Waals surface area contributed by atoms with Crippen LogP contribution in [0.3, 0.4) is 0 Å². The second-order valence-corrected chi connectivity index (χ2v) is 4.20. The second-order valence-electron chi connectivity index (χ2n) is 2.94. The van der Waals surface area contributed by atoms with Crippen molar-refractivity contribution in [1.29, 1.82) is 0 Å². The molecular weight excluding hydrogens is 266 g/mol. The number of aromatic nitrogens is 1. The highest BCUT2D eigenvalue weighted by atomic mass is 79.9. The molecule has 0 spiro atoms. The van der Waals surface area contributed by atoms with E-state index in [1.807, 2.05) is 0 Å². The highest BCUT2D eigenvalue weighted by Crippen LogP contribution is 2.19. The molecule has 78 valence electrons. The Kier molecular flexibility index (Phi) is 4.88. The van der Waals surface area contributed by atoms with E-state index in [1.165, 1.54) is 6.20 Å². The van der Waals surface area contributed by atoms with E-state index in [2.05, 4.69) is 33.5 Å². The number of aliphatic hydroxyl groups excluding tert-OH is 2. The van der Waals surface area contributed by atoms with E-state index in [4.69, 9.17) is 0 Å². The lowest BCUT2D eigenvalue weighted by Crippen LogP contribution is -2.18. The average molecular weight is 278 g/mol. The summed E-state index contributed by atoms with van der Waals surface area (Å²) in [6, 6.07) is 3.45. The number of hydrogen-bond acceptors (Lipinski definition) is 4. The van der Waals surface area contributed by atoms with Crippen molar-refractivity contribution in [1.82, 2.24) is 4.98 Å².